The molecule has 1 saturated heterocycles. The lowest BCUT2D eigenvalue weighted by Crippen LogP contribution is -2.45. The standard InChI is InChI=1S/C32H38F3N9O/c1-3-42-10-12-43(13-11-42)20-23-4-5-25(17-28(23)32(33,34)35)37-19-22-14-26(16-27(15-22)45-2)41-31-36-8-9-44(31)30-18-29(38-21-39-30)40-24-6-7-24/h4-5,8-9,14-18,21,24,37H,3,6-7,10-13,19-20H2,1-2H3,(H,36,41)(H,38,39,40). The van der Waals surface area contributed by atoms with Crippen molar-refractivity contribution in [3.8, 4) is 11.6 Å². The maximum Gasteiger partial charge on any atom is 0.416 e. The number of imidazole rings is 1. The number of rotatable bonds is 12. The van der Waals surface area contributed by atoms with E-state index in [0.29, 0.717) is 40.5 Å². The Labute approximate surface area is 260 Å². The van der Waals surface area contributed by atoms with Crippen molar-refractivity contribution in [2.75, 3.05) is 55.8 Å². The van der Waals surface area contributed by atoms with Gasteiger partial charge < -0.3 is 25.6 Å². The number of aromatic nitrogens is 4. The van der Waals surface area contributed by atoms with Crippen LogP contribution in [0.25, 0.3) is 5.82 Å². The Balaban J connectivity index is 1.15. The Morgan fingerprint density at radius 2 is 1.73 bits per heavy atom. The van der Waals surface area contributed by atoms with Crippen molar-refractivity contribution < 1.29 is 17.9 Å². The van der Waals surface area contributed by atoms with E-state index in [1.807, 2.05) is 28.8 Å². The summed E-state index contributed by atoms with van der Waals surface area (Å²) in [6.07, 6.45) is 2.82. The van der Waals surface area contributed by atoms with Crippen LogP contribution in [0.1, 0.15) is 36.5 Å². The molecule has 238 valence electrons. The first-order chi connectivity index (χ1) is 21.8. The number of piperazine rings is 1. The van der Waals surface area contributed by atoms with Crippen LogP contribution in [-0.2, 0) is 19.3 Å². The number of ether oxygens (including phenoxy) is 1. The third-order valence-electron chi connectivity index (χ3n) is 8.15. The second kappa shape index (κ2) is 13.3. The minimum absolute atomic E-state index is 0.278. The van der Waals surface area contributed by atoms with Gasteiger partial charge in [0.25, 0.3) is 0 Å². The molecule has 1 aliphatic heterocycles. The van der Waals surface area contributed by atoms with Gasteiger partial charge in [0.15, 0.2) is 0 Å². The molecule has 10 nitrogen and oxygen atoms in total. The quantitative estimate of drug-likeness (QED) is 0.183. The molecule has 2 aromatic carbocycles. The lowest BCUT2D eigenvalue weighted by molar-refractivity contribution is -0.138. The summed E-state index contributed by atoms with van der Waals surface area (Å²) in [5.41, 5.74) is 1.61. The van der Waals surface area contributed by atoms with Crippen LogP contribution in [0.3, 0.4) is 0 Å². The van der Waals surface area contributed by atoms with Crippen molar-refractivity contribution in [3.63, 3.8) is 0 Å². The van der Waals surface area contributed by atoms with E-state index in [2.05, 4.69) is 47.6 Å². The molecule has 2 aliphatic rings. The third kappa shape index (κ3) is 7.84. The summed E-state index contributed by atoms with van der Waals surface area (Å²) in [6.45, 7) is 6.89. The van der Waals surface area contributed by atoms with Crippen LogP contribution >= 0.6 is 0 Å². The smallest absolute Gasteiger partial charge is 0.416 e. The van der Waals surface area contributed by atoms with E-state index in [1.165, 1.54) is 12.4 Å². The lowest BCUT2D eigenvalue weighted by Gasteiger charge is -2.34. The fraction of sp³-hybridized carbons (Fsp3) is 0.406. The topological polar surface area (TPSA) is 95.4 Å². The number of alkyl halides is 3. The summed E-state index contributed by atoms with van der Waals surface area (Å²) in [7, 11) is 1.57. The number of anilines is 4. The SMILES string of the molecule is CCN1CCN(Cc2ccc(NCc3cc(Nc4nccn4-c4cc(NC5CC5)ncn4)cc(OC)c3)cc2C(F)(F)F)CC1. The van der Waals surface area contributed by atoms with E-state index >= 15 is 0 Å². The van der Waals surface area contributed by atoms with Crippen LogP contribution in [0.4, 0.5) is 36.3 Å². The molecule has 2 aromatic heterocycles. The third-order valence-corrected chi connectivity index (χ3v) is 8.15. The number of hydrogen-bond acceptors (Lipinski definition) is 9. The molecule has 0 radical (unpaired) electrons. The Morgan fingerprint density at radius 1 is 0.933 bits per heavy atom. The van der Waals surface area contributed by atoms with Gasteiger partial charge in [0.05, 0.1) is 12.7 Å². The highest BCUT2D eigenvalue weighted by molar-refractivity contribution is 5.60. The number of nitrogens with zero attached hydrogens (tertiary/aromatic N) is 6. The number of methoxy groups -OCH3 is 1. The normalized spacial score (nSPS) is 16.0. The predicted octanol–water partition coefficient (Wildman–Crippen LogP) is 5.76. The first-order valence-electron chi connectivity index (χ1n) is 15.2. The monoisotopic (exact) mass is 621 g/mol. The van der Waals surface area contributed by atoms with Crippen molar-refractivity contribution >= 4 is 23.1 Å². The molecule has 3 heterocycles. The molecule has 0 spiro atoms. The van der Waals surface area contributed by atoms with Gasteiger partial charge in [-0.15, -0.1) is 0 Å². The van der Waals surface area contributed by atoms with Gasteiger partial charge in [-0.3, -0.25) is 9.47 Å². The van der Waals surface area contributed by atoms with Gasteiger partial charge in [0, 0.05) is 81.2 Å². The summed E-state index contributed by atoms with van der Waals surface area (Å²) in [4.78, 5) is 17.6. The summed E-state index contributed by atoms with van der Waals surface area (Å²) in [6, 6.07) is 12.4. The summed E-state index contributed by atoms with van der Waals surface area (Å²) in [5.74, 6) is 2.56. The first kappa shape index (κ1) is 30.7. The summed E-state index contributed by atoms with van der Waals surface area (Å²) >= 11 is 0. The van der Waals surface area contributed by atoms with Gasteiger partial charge in [-0.2, -0.15) is 13.2 Å². The molecule has 0 amide bonds. The Kier molecular flexibility index (Phi) is 9.08. The fourth-order valence-electron chi connectivity index (χ4n) is 5.45. The zero-order valence-electron chi connectivity index (χ0n) is 25.4. The number of hydrogen-bond donors (Lipinski definition) is 3. The molecular formula is C32H38F3N9O. The van der Waals surface area contributed by atoms with Gasteiger partial charge in [0.1, 0.15) is 23.7 Å². The predicted molar refractivity (Wildman–Crippen MR) is 168 cm³/mol. The van der Waals surface area contributed by atoms with E-state index < -0.39 is 11.7 Å². The van der Waals surface area contributed by atoms with E-state index in [0.717, 1.165) is 56.9 Å². The lowest BCUT2D eigenvalue weighted by atomic mass is 10.0. The van der Waals surface area contributed by atoms with Crippen molar-refractivity contribution in [3.05, 3.63) is 77.9 Å². The minimum atomic E-state index is -4.45. The molecule has 0 bridgehead atoms. The van der Waals surface area contributed by atoms with Gasteiger partial charge in [0.2, 0.25) is 5.95 Å². The van der Waals surface area contributed by atoms with Gasteiger partial charge in [-0.25, -0.2) is 15.0 Å². The Hall–Kier alpha value is -4.36. The molecule has 0 atom stereocenters. The van der Waals surface area contributed by atoms with Crippen LogP contribution in [0.15, 0.2) is 61.2 Å². The number of nitrogens with one attached hydrogen (secondary N) is 3. The second-order valence-corrected chi connectivity index (χ2v) is 11.4. The van der Waals surface area contributed by atoms with Gasteiger partial charge >= 0.3 is 6.18 Å². The van der Waals surface area contributed by atoms with Crippen LogP contribution in [0.2, 0.25) is 0 Å². The molecule has 2 fully saturated rings. The maximum absolute atomic E-state index is 14.1. The average Bonchev–Trinajstić information content (AvgIpc) is 3.74. The number of likely N-dealkylation sites (N-methyl/N-ethyl adjacent to an activating group) is 1. The Bertz CT molecular complexity index is 1600. The van der Waals surface area contributed by atoms with E-state index in [1.54, 1.807) is 31.6 Å². The summed E-state index contributed by atoms with van der Waals surface area (Å²) < 4.78 is 49.7. The highest BCUT2D eigenvalue weighted by atomic mass is 19.4. The zero-order valence-corrected chi connectivity index (χ0v) is 25.4. The molecule has 4 aromatic rings. The van der Waals surface area contributed by atoms with E-state index in [4.69, 9.17) is 4.74 Å². The largest absolute Gasteiger partial charge is 0.497 e. The molecule has 0 unspecified atom stereocenters. The highest BCUT2D eigenvalue weighted by Gasteiger charge is 2.34. The van der Waals surface area contributed by atoms with Crippen molar-refractivity contribution in [1.29, 1.82) is 0 Å². The van der Waals surface area contributed by atoms with Crippen LogP contribution in [0, 0.1) is 0 Å². The van der Waals surface area contributed by atoms with E-state index in [9.17, 15) is 13.2 Å². The van der Waals surface area contributed by atoms with Gasteiger partial charge in [-0.1, -0.05) is 13.0 Å². The van der Waals surface area contributed by atoms with Crippen LogP contribution in [0.5, 0.6) is 5.75 Å². The number of benzene rings is 2. The molecule has 6 rings (SSSR count). The molecular weight excluding hydrogens is 583 g/mol. The highest BCUT2D eigenvalue weighted by Crippen LogP contribution is 2.35. The Morgan fingerprint density at radius 3 is 2.47 bits per heavy atom. The van der Waals surface area contributed by atoms with Crippen molar-refractivity contribution in [1.82, 2.24) is 29.3 Å². The molecule has 1 aliphatic carbocycles. The first-order valence-corrected chi connectivity index (χ1v) is 15.2. The maximum atomic E-state index is 14.1. The molecule has 45 heavy (non-hydrogen) atoms. The number of halogens is 3. The fourth-order valence-corrected chi connectivity index (χ4v) is 5.45. The van der Waals surface area contributed by atoms with Gasteiger partial charge in [-0.05, 0) is 54.8 Å². The minimum Gasteiger partial charge on any atom is -0.497 e. The van der Waals surface area contributed by atoms with Crippen LogP contribution in [-0.4, -0.2) is 75.2 Å². The van der Waals surface area contributed by atoms with Crippen molar-refractivity contribution in [2.45, 2.75) is 45.1 Å². The van der Waals surface area contributed by atoms with E-state index in [-0.39, 0.29) is 13.1 Å². The molecule has 1 saturated carbocycles. The summed E-state index contributed by atoms with van der Waals surface area (Å²) in [5, 5.41) is 9.88. The second-order valence-electron chi connectivity index (χ2n) is 11.4. The zero-order chi connectivity index (χ0) is 31.4. The molecule has 13 heteroatoms. The molecule has 3 N–H and O–H groups in total. The average molecular weight is 622 g/mol. The van der Waals surface area contributed by atoms with Crippen molar-refractivity contribution in [2.24, 2.45) is 0 Å². The van der Waals surface area contributed by atoms with Crippen LogP contribution < -0.4 is 20.7 Å².